The fourth-order valence-corrected chi connectivity index (χ4v) is 2.02. The van der Waals surface area contributed by atoms with Crippen molar-refractivity contribution in [1.82, 2.24) is 10.3 Å². The molecule has 5 heteroatoms. The van der Waals surface area contributed by atoms with E-state index in [0.717, 1.165) is 17.7 Å². The molecule has 0 saturated heterocycles. The normalized spacial score (nSPS) is 14.2. The molecule has 5 nitrogen and oxygen atoms in total. The molecule has 2 atom stereocenters. The van der Waals surface area contributed by atoms with E-state index >= 15 is 0 Å². The molecule has 4 N–H and O–H groups in total. The number of nitrogens with one attached hydrogen (secondary N) is 1. The van der Waals surface area contributed by atoms with Crippen LogP contribution >= 0.6 is 0 Å². The van der Waals surface area contributed by atoms with E-state index in [1.807, 2.05) is 38.2 Å². The van der Waals surface area contributed by atoms with Gasteiger partial charge in [-0.1, -0.05) is 24.3 Å². The Labute approximate surface area is 114 Å². The number of aliphatic hydroxyl groups is 1. The Kier molecular flexibility index (Phi) is 5.95. The highest BCUT2D eigenvalue weighted by atomic mass is 16.3. The summed E-state index contributed by atoms with van der Waals surface area (Å²) in [6, 6.07) is 7.86. The highest BCUT2D eigenvalue weighted by Gasteiger charge is 2.13. The van der Waals surface area contributed by atoms with E-state index in [2.05, 4.69) is 10.3 Å². The first kappa shape index (κ1) is 15.6. The van der Waals surface area contributed by atoms with Crippen LogP contribution in [0.5, 0.6) is 0 Å². The number of carbonyl (C=O) groups excluding carboxylic acids is 1. The predicted octanol–water partition coefficient (Wildman–Crippen LogP) is 0.593. The molecular formula is C14H23N3O2. The smallest absolute Gasteiger partial charge is 0.241 e. The maximum absolute atomic E-state index is 11.4. The fourth-order valence-electron chi connectivity index (χ4n) is 2.02. The van der Waals surface area contributed by atoms with E-state index in [4.69, 9.17) is 5.84 Å². The zero-order valence-corrected chi connectivity index (χ0v) is 11.8. The van der Waals surface area contributed by atoms with Gasteiger partial charge in [-0.25, -0.2) is 5.84 Å². The zero-order valence-electron chi connectivity index (χ0n) is 11.8. The standard InChI is InChI=1S/C14H23N3O2/c1-10(18)8-17(3)9-12-4-6-13(7-5-12)11(2)14(19)16-15/h4-7,10-11,18H,8-9,15H2,1-3H3,(H,16,19). The second-order valence-corrected chi connectivity index (χ2v) is 5.02. The Morgan fingerprint density at radius 3 is 2.42 bits per heavy atom. The highest BCUT2D eigenvalue weighted by molar-refractivity contribution is 5.82. The van der Waals surface area contributed by atoms with Crippen LogP contribution in [-0.4, -0.2) is 35.6 Å². The van der Waals surface area contributed by atoms with E-state index in [0.29, 0.717) is 6.54 Å². The third-order valence-corrected chi connectivity index (χ3v) is 3.04. The molecule has 106 valence electrons. The monoisotopic (exact) mass is 265 g/mol. The lowest BCUT2D eigenvalue weighted by Gasteiger charge is -2.18. The van der Waals surface area contributed by atoms with Crippen LogP contribution in [0.3, 0.4) is 0 Å². The number of hydrogen-bond donors (Lipinski definition) is 3. The molecule has 0 spiro atoms. The number of hydrazine groups is 1. The van der Waals surface area contributed by atoms with Gasteiger partial charge in [0.15, 0.2) is 0 Å². The third-order valence-electron chi connectivity index (χ3n) is 3.04. The van der Waals surface area contributed by atoms with Crippen LogP contribution in [0.2, 0.25) is 0 Å². The van der Waals surface area contributed by atoms with Crippen molar-refractivity contribution in [3.05, 3.63) is 35.4 Å². The van der Waals surface area contributed by atoms with Gasteiger partial charge in [-0.15, -0.1) is 0 Å². The summed E-state index contributed by atoms with van der Waals surface area (Å²) in [6.45, 7) is 4.99. The number of nitrogens with two attached hydrogens (primary N) is 1. The number of benzene rings is 1. The van der Waals surface area contributed by atoms with Gasteiger partial charge < -0.3 is 5.11 Å². The summed E-state index contributed by atoms with van der Waals surface area (Å²) in [5.74, 6) is 4.67. The van der Waals surface area contributed by atoms with E-state index < -0.39 is 0 Å². The summed E-state index contributed by atoms with van der Waals surface area (Å²) in [6.07, 6.45) is -0.336. The van der Waals surface area contributed by atoms with Crippen LogP contribution in [0.1, 0.15) is 30.9 Å². The zero-order chi connectivity index (χ0) is 14.4. The fraction of sp³-hybridized carbons (Fsp3) is 0.500. The Hall–Kier alpha value is -1.43. The van der Waals surface area contributed by atoms with Crippen molar-refractivity contribution in [2.24, 2.45) is 5.84 Å². The maximum Gasteiger partial charge on any atom is 0.241 e. The van der Waals surface area contributed by atoms with Gasteiger partial charge in [0.25, 0.3) is 0 Å². The Balaban J connectivity index is 2.63. The Morgan fingerprint density at radius 2 is 1.95 bits per heavy atom. The topological polar surface area (TPSA) is 78.6 Å². The second kappa shape index (κ2) is 7.23. The summed E-state index contributed by atoms with van der Waals surface area (Å²) in [7, 11) is 1.96. The Bertz CT molecular complexity index is 404. The minimum absolute atomic E-state index is 0.195. The number of likely N-dealkylation sites (N-methyl/N-ethyl adjacent to an activating group) is 1. The van der Waals surface area contributed by atoms with Crippen LogP contribution in [-0.2, 0) is 11.3 Å². The summed E-state index contributed by atoms with van der Waals surface area (Å²) < 4.78 is 0. The van der Waals surface area contributed by atoms with Crippen molar-refractivity contribution in [1.29, 1.82) is 0 Å². The van der Waals surface area contributed by atoms with Gasteiger partial charge >= 0.3 is 0 Å². The molecule has 0 radical (unpaired) electrons. The van der Waals surface area contributed by atoms with Crippen molar-refractivity contribution >= 4 is 5.91 Å². The first-order valence-electron chi connectivity index (χ1n) is 6.40. The van der Waals surface area contributed by atoms with Gasteiger partial charge in [0.05, 0.1) is 12.0 Å². The van der Waals surface area contributed by atoms with Crippen molar-refractivity contribution in [3.63, 3.8) is 0 Å². The van der Waals surface area contributed by atoms with Gasteiger partial charge in [0.1, 0.15) is 0 Å². The molecular weight excluding hydrogens is 242 g/mol. The molecule has 1 amide bonds. The van der Waals surface area contributed by atoms with Crippen LogP contribution < -0.4 is 11.3 Å². The Morgan fingerprint density at radius 1 is 1.37 bits per heavy atom. The molecule has 2 unspecified atom stereocenters. The van der Waals surface area contributed by atoms with E-state index in [1.165, 1.54) is 0 Å². The summed E-state index contributed by atoms with van der Waals surface area (Å²) >= 11 is 0. The lowest BCUT2D eigenvalue weighted by atomic mass is 9.99. The minimum atomic E-state index is -0.336. The molecule has 0 aromatic heterocycles. The van der Waals surface area contributed by atoms with Crippen LogP contribution in [0.4, 0.5) is 0 Å². The van der Waals surface area contributed by atoms with E-state index in [1.54, 1.807) is 6.92 Å². The molecule has 19 heavy (non-hydrogen) atoms. The molecule has 0 aliphatic heterocycles. The van der Waals surface area contributed by atoms with Gasteiger partial charge in [-0.3, -0.25) is 15.1 Å². The second-order valence-electron chi connectivity index (χ2n) is 5.02. The van der Waals surface area contributed by atoms with Gasteiger partial charge in [0, 0.05) is 13.1 Å². The lowest BCUT2D eigenvalue weighted by Crippen LogP contribution is -2.33. The molecule has 1 rings (SSSR count). The van der Waals surface area contributed by atoms with Crippen molar-refractivity contribution < 1.29 is 9.90 Å². The molecule has 0 saturated carbocycles. The van der Waals surface area contributed by atoms with Crippen LogP contribution in [0.25, 0.3) is 0 Å². The van der Waals surface area contributed by atoms with Crippen LogP contribution in [0, 0.1) is 0 Å². The van der Waals surface area contributed by atoms with Crippen LogP contribution in [0.15, 0.2) is 24.3 Å². The SMILES string of the molecule is CC(O)CN(C)Cc1ccc(C(C)C(=O)NN)cc1. The quantitative estimate of drug-likeness (QED) is 0.400. The number of carbonyl (C=O) groups is 1. The highest BCUT2D eigenvalue weighted by Crippen LogP contribution is 2.16. The average molecular weight is 265 g/mol. The number of aliphatic hydroxyl groups excluding tert-OH is 1. The molecule has 0 bridgehead atoms. The number of hydrogen-bond acceptors (Lipinski definition) is 4. The van der Waals surface area contributed by atoms with Crippen molar-refractivity contribution in [3.8, 4) is 0 Å². The van der Waals surface area contributed by atoms with Crippen molar-refractivity contribution in [2.75, 3.05) is 13.6 Å². The lowest BCUT2D eigenvalue weighted by molar-refractivity contribution is -0.122. The predicted molar refractivity (Wildman–Crippen MR) is 75.2 cm³/mol. The summed E-state index contributed by atoms with van der Waals surface area (Å²) in [5, 5.41) is 9.31. The molecule has 1 aromatic carbocycles. The molecule has 0 aliphatic rings. The molecule has 0 fully saturated rings. The van der Waals surface area contributed by atoms with E-state index in [9.17, 15) is 9.90 Å². The van der Waals surface area contributed by atoms with Crippen molar-refractivity contribution in [2.45, 2.75) is 32.4 Å². The minimum Gasteiger partial charge on any atom is -0.392 e. The van der Waals surface area contributed by atoms with Gasteiger partial charge in [0.2, 0.25) is 5.91 Å². The molecule has 1 aromatic rings. The maximum atomic E-state index is 11.4. The van der Waals surface area contributed by atoms with Gasteiger partial charge in [-0.2, -0.15) is 0 Å². The largest absolute Gasteiger partial charge is 0.392 e. The molecule has 0 heterocycles. The molecule has 0 aliphatic carbocycles. The summed E-state index contributed by atoms with van der Waals surface area (Å²) in [4.78, 5) is 13.5. The third kappa shape index (κ3) is 4.98. The first-order chi connectivity index (χ1) is 8.93. The summed E-state index contributed by atoms with van der Waals surface area (Å²) in [5.41, 5.74) is 4.24. The average Bonchev–Trinajstić information content (AvgIpc) is 2.36. The van der Waals surface area contributed by atoms with E-state index in [-0.39, 0.29) is 17.9 Å². The number of nitrogens with zero attached hydrogens (tertiary/aromatic N) is 1. The number of amides is 1. The van der Waals surface area contributed by atoms with Gasteiger partial charge in [-0.05, 0) is 32.0 Å². The first-order valence-corrected chi connectivity index (χ1v) is 6.40. The number of rotatable bonds is 6.